The Balaban J connectivity index is 1.59. The number of hydrazone groups is 1. The molecule has 0 spiro atoms. The lowest BCUT2D eigenvalue weighted by Gasteiger charge is -2.10. The molecule has 0 atom stereocenters. The molecule has 1 amide bonds. The number of hydrogen-bond acceptors (Lipinski definition) is 3. The van der Waals surface area contributed by atoms with Crippen LogP contribution >= 0.6 is 50.9 Å². The van der Waals surface area contributed by atoms with Crippen molar-refractivity contribution in [2.45, 2.75) is 19.6 Å². The molecule has 8 heteroatoms. The summed E-state index contributed by atoms with van der Waals surface area (Å²) < 4.78 is 3.08. The zero-order valence-corrected chi connectivity index (χ0v) is 20.4. The Kier molecular flexibility index (Phi) is 8.06. The summed E-state index contributed by atoms with van der Waals surface area (Å²) in [4.78, 5) is 12.1. The first-order valence-corrected chi connectivity index (χ1v) is 11.8. The molecule has 0 radical (unpaired) electrons. The largest absolute Gasteiger partial charge is 0.318 e. The quantitative estimate of drug-likeness (QED) is 0.281. The fourth-order valence-electron chi connectivity index (χ4n) is 3.08. The number of amides is 1. The van der Waals surface area contributed by atoms with Crippen LogP contribution in [0.25, 0.3) is 5.69 Å². The molecule has 0 aliphatic heterocycles. The molecule has 1 heterocycles. The number of hydrogen-bond donors (Lipinski definition) is 1. The Bertz CT molecular complexity index is 1080. The van der Waals surface area contributed by atoms with Gasteiger partial charge in [-0.3, -0.25) is 4.79 Å². The second-order valence-corrected chi connectivity index (χ2v) is 9.48. The van der Waals surface area contributed by atoms with E-state index in [0.717, 1.165) is 32.9 Å². The van der Waals surface area contributed by atoms with E-state index in [1.165, 1.54) is 5.56 Å². The van der Waals surface area contributed by atoms with Gasteiger partial charge in [0.25, 0.3) is 0 Å². The predicted molar refractivity (Wildman–Crippen MR) is 131 cm³/mol. The first-order valence-electron chi connectivity index (χ1n) is 9.13. The van der Waals surface area contributed by atoms with Crippen LogP contribution in [0.15, 0.2) is 58.1 Å². The molecule has 0 fully saturated rings. The SMILES string of the molecule is Cc1cc(/C=N/NC(=O)CSCc2cccc(Br)c2)c(C)n1-c1cc(Cl)cc(Cl)c1. The van der Waals surface area contributed by atoms with E-state index in [9.17, 15) is 4.79 Å². The van der Waals surface area contributed by atoms with Crippen molar-refractivity contribution < 1.29 is 4.79 Å². The van der Waals surface area contributed by atoms with E-state index >= 15 is 0 Å². The fourth-order valence-corrected chi connectivity index (χ4v) is 4.81. The van der Waals surface area contributed by atoms with Crippen molar-refractivity contribution in [2.75, 3.05) is 5.75 Å². The molecule has 30 heavy (non-hydrogen) atoms. The highest BCUT2D eigenvalue weighted by molar-refractivity contribution is 9.10. The summed E-state index contributed by atoms with van der Waals surface area (Å²) in [6.07, 6.45) is 1.65. The lowest BCUT2D eigenvalue weighted by molar-refractivity contribution is -0.118. The van der Waals surface area contributed by atoms with E-state index < -0.39 is 0 Å². The summed E-state index contributed by atoms with van der Waals surface area (Å²) >= 11 is 17.3. The lowest BCUT2D eigenvalue weighted by atomic mass is 10.2. The van der Waals surface area contributed by atoms with Gasteiger partial charge >= 0.3 is 0 Å². The molecule has 2 aromatic carbocycles. The Hall–Kier alpha value is -1.73. The molecule has 3 aromatic rings. The summed E-state index contributed by atoms with van der Waals surface area (Å²) in [5, 5.41) is 5.27. The smallest absolute Gasteiger partial charge is 0.250 e. The lowest BCUT2D eigenvalue weighted by Crippen LogP contribution is -2.19. The van der Waals surface area contributed by atoms with Crippen LogP contribution in [-0.2, 0) is 10.5 Å². The van der Waals surface area contributed by atoms with Gasteiger partial charge in [-0.05, 0) is 55.8 Å². The Morgan fingerprint density at radius 2 is 1.90 bits per heavy atom. The van der Waals surface area contributed by atoms with Gasteiger partial charge in [-0.2, -0.15) is 5.10 Å². The third kappa shape index (κ3) is 6.14. The molecule has 0 unspecified atom stereocenters. The first kappa shape index (κ1) is 22.9. The second kappa shape index (κ2) is 10.5. The number of aromatic nitrogens is 1. The molecule has 1 aromatic heterocycles. The Morgan fingerprint density at radius 3 is 2.60 bits per heavy atom. The van der Waals surface area contributed by atoms with Crippen molar-refractivity contribution in [2.24, 2.45) is 5.10 Å². The summed E-state index contributed by atoms with van der Waals surface area (Å²) in [5.74, 6) is 0.964. The fraction of sp³-hybridized carbons (Fsp3) is 0.182. The average molecular weight is 525 g/mol. The molecule has 3 rings (SSSR count). The van der Waals surface area contributed by atoms with Crippen LogP contribution in [0, 0.1) is 13.8 Å². The van der Waals surface area contributed by atoms with Gasteiger partial charge in [-0.25, -0.2) is 5.43 Å². The molecule has 1 N–H and O–H groups in total. The van der Waals surface area contributed by atoms with Gasteiger partial charge in [0.15, 0.2) is 0 Å². The van der Waals surface area contributed by atoms with Crippen LogP contribution in [0.1, 0.15) is 22.5 Å². The number of halogens is 3. The molecule has 0 aliphatic rings. The van der Waals surface area contributed by atoms with E-state index in [1.54, 1.807) is 24.0 Å². The number of benzene rings is 2. The van der Waals surface area contributed by atoms with E-state index in [1.807, 2.05) is 56.3 Å². The highest BCUT2D eigenvalue weighted by atomic mass is 79.9. The summed E-state index contributed by atoms with van der Waals surface area (Å²) in [6, 6.07) is 15.5. The molecule has 4 nitrogen and oxygen atoms in total. The molecular formula is C22H20BrCl2N3OS. The van der Waals surface area contributed by atoms with Crippen molar-refractivity contribution in [1.29, 1.82) is 0 Å². The van der Waals surface area contributed by atoms with Crippen molar-refractivity contribution in [3.63, 3.8) is 0 Å². The van der Waals surface area contributed by atoms with Gasteiger partial charge in [-0.15, -0.1) is 11.8 Å². The van der Waals surface area contributed by atoms with Gasteiger partial charge in [0.1, 0.15) is 0 Å². The van der Waals surface area contributed by atoms with Crippen LogP contribution in [0.2, 0.25) is 10.0 Å². The normalized spacial score (nSPS) is 11.2. The highest BCUT2D eigenvalue weighted by Gasteiger charge is 2.11. The highest BCUT2D eigenvalue weighted by Crippen LogP contribution is 2.26. The minimum absolute atomic E-state index is 0.137. The zero-order chi connectivity index (χ0) is 21.7. The zero-order valence-electron chi connectivity index (χ0n) is 16.5. The van der Waals surface area contributed by atoms with Gasteiger partial charge < -0.3 is 4.57 Å². The number of nitrogens with one attached hydrogen (secondary N) is 1. The van der Waals surface area contributed by atoms with Crippen molar-refractivity contribution in [1.82, 2.24) is 9.99 Å². The number of thioether (sulfide) groups is 1. The summed E-state index contributed by atoms with van der Waals surface area (Å²) in [7, 11) is 0. The van der Waals surface area contributed by atoms with Crippen molar-refractivity contribution in [3.05, 3.63) is 85.6 Å². The van der Waals surface area contributed by atoms with Gasteiger partial charge in [0.2, 0.25) is 5.91 Å². The number of rotatable bonds is 7. The monoisotopic (exact) mass is 523 g/mol. The van der Waals surface area contributed by atoms with Gasteiger partial charge in [-0.1, -0.05) is 51.3 Å². The molecule has 0 bridgehead atoms. The van der Waals surface area contributed by atoms with E-state index in [0.29, 0.717) is 15.8 Å². The maximum Gasteiger partial charge on any atom is 0.250 e. The summed E-state index contributed by atoms with van der Waals surface area (Å²) in [6.45, 7) is 3.98. The number of aryl methyl sites for hydroxylation is 1. The maximum atomic E-state index is 12.1. The minimum Gasteiger partial charge on any atom is -0.318 e. The molecular weight excluding hydrogens is 505 g/mol. The van der Waals surface area contributed by atoms with E-state index in [2.05, 4.69) is 31.0 Å². The van der Waals surface area contributed by atoms with Crippen LogP contribution < -0.4 is 5.43 Å². The number of carbonyl (C=O) groups is 1. The minimum atomic E-state index is -0.137. The van der Waals surface area contributed by atoms with Crippen LogP contribution in [0.4, 0.5) is 0 Å². The average Bonchev–Trinajstić information content (AvgIpc) is 2.94. The van der Waals surface area contributed by atoms with Gasteiger partial charge in [0.05, 0.1) is 12.0 Å². The van der Waals surface area contributed by atoms with Crippen molar-refractivity contribution in [3.8, 4) is 5.69 Å². The van der Waals surface area contributed by atoms with Crippen LogP contribution in [0.5, 0.6) is 0 Å². The van der Waals surface area contributed by atoms with Crippen LogP contribution in [0.3, 0.4) is 0 Å². The number of nitrogens with zero attached hydrogens (tertiary/aromatic N) is 2. The third-order valence-electron chi connectivity index (χ3n) is 4.36. The van der Waals surface area contributed by atoms with E-state index in [-0.39, 0.29) is 5.91 Å². The van der Waals surface area contributed by atoms with Gasteiger partial charge in [0, 0.05) is 42.9 Å². The third-order valence-corrected chi connectivity index (χ3v) is 6.29. The first-order chi connectivity index (χ1) is 14.3. The topological polar surface area (TPSA) is 46.4 Å². The Morgan fingerprint density at radius 1 is 1.17 bits per heavy atom. The predicted octanol–water partition coefficient (Wildman–Crippen LogP) is 6.55. The second-order valence-electron chi connectivity index (χ2n) is 6.71. The Labute approximate surface area is 198 Å². The number of carbonyl (C=O) groups excluding carboxylic acids is 1. The van der Waals surface area contributed by atoms with Crippen LogP contribution in [-0.4, -0.2) is 22.4 Å². The molecule has 0 saturated carbocycles. The standard InChI is InChI=1S/C22H20BrCl2N3OS/c1-14-6-17(15(2)28(14)21-9-19(24)8-20(25)10-21)11-26-27-22(29)13-30-12-16-4-3-5-18(23)7-16/h3-11H,12-13H2,1-2H3,(H,27,29)/b26-11+. The van der Waals surface area contributed by atoms with Crippen molar-refractivity contribution >= 4 is 63.0 Å². The molecule has 0 aliphatic carbocycles. The molecule has 0 saturated heterocycles. The summed E-state index contributed by atoms with van der Waals surface area (Å²) in [5.41, 5.74) is 7.55. The maximum absolute atomic E-state index is 12.1. The molecule has 156 valence electrons. The van der Waals surface area contributed by atoms with E-state index in [4.69, 9.17) is 23.2 Å².